The molecule has 0 saturated carbocycles. The van der Waals surface area contributed by atoms with E-state index in [2.05, 4.69) is 26.8 Å². The van der Waals surface area contributed by atoms with Crippen LogP contribution >= 0.6 is 0 Å². The van der Waals surface area contributed by atoms with Crippen molar-refractivity contribution >= 4 is 23.9 Å². The molecule has 1 saturated heterocycles. The molecule has 0 aliphatic carbocycles. The number of allylic oxidation sites excluding steroid dienone is 2. The molecule has 1 heterocycles. The first-order valence-electron chi connectivity index (χ1n) is 15.2. The first-order valence-corrected chi connectivity index (χ1v) is 15.2. The Morgan fingerprint density at radius 3 is 1.62 bits per heavy atom. The average Bonchev–Trinajstić information content (AvgIpc) is 2.89. The summed E-state index contributed by atoms with van der Waals surface area (Å²) in [7, 11) is 0. The van der Waals surface area contributed by atoms with Gasteiger partial charge in [-0.15, -0.1) is 0 Å². The van der Waals surface area contributed by atoms with E-state index < -0.39 is 78.3 Å². The third-order valence-electron chi connectivity index (χ3n) is 6.73. The van der Waals surface area contributed by atoms with Crippen molar-refractivity contribution in [1.82, 2.24) is 0 Å². The van der Waals surface area contributed by atoms with Gasteiger partial charge in [-0.1, -0.05) is 74.0 Å². The number of esters is 4. The molecule has 42 heavy (non-hydrogen) atoms. The lowest BCUT2D eigenvalue weighted by Gasteiger charge is -2.44. The second-order valence-electron chi connectivity index (χ2n) is 12.6. The zero-order chi connectivity index (χ0) is 32.1. The summed E-state index contributed by atoms with van der Waals surface area (Å²) in [5.41, 5.74) is 1.27. The molecule has 0 aromatic carbocycles. The lowest BCUT2D eigenvalue weighted by molar-refractivity contribution is -0.310. The molecule has 0 bridgehead atoms. The molecule has 1 aliphatic rings. The van der Waals surface area contributed by atoms with E-state index in [4.69, 9.17) is 28.4 Å². The van der Waals surface area contributed by atoms with Crippen LogP contribution in [0.1, 0.15) is 95.4 Å². The van der Waals surface area contributed by atoms with Gasteiger partial charge in [-0.3, -0.25) is 19.2 Å². The molecule has 0 amide bonds. The van der Waals surface area contributed by atoms with Crippen LogP contribution in [0.3, 0.4) is 0 Å². The van der Waals surface area contributed by atoms with Crippen LogP contribution in [0.15, 0.2) is 11.6 Å². The molecule has 10 heteroatoms. The van der Waals surface area contributed by atoms with Crippen LogP contribution in [-0.4, -0.2) is 67.8 Å². The van der Waals surface area contributed by atoms with Gasteiger partial charge in [-0.05, 0) is 39.0 Å². The summed E-state index contributed by atoms with van der Waals surface area (Å²) in [5, 5.41) is 0. The molecular weight excluding hydrogens is 544 g/mol. The molecule has 10 nitrogen and oxygen atoms in total. The first-order chi connectivity index (χ1) is 19.5. The van der Waals surface area contributed by atoms with Crippen LogP contribution < -0.4 is 0 Å². The summed E-state index contributed by atoms with van der Waals surface area (Å²) in [6.07, 6.45) is -1.11. The van der Waals surface area contributed by atoms with Crippen molar-refractivity contribution in [3.05, 3.63) is 11.6 Å². The molecule has 0 aromatic rings. The minimum absolute atomic E-state index is 0.274. The van der Waals surface area contributed by atoms with Crippen molar-refractivity contribution in [2.24, 2.45) is 29.6 Å². The zero-order valence-electron chi connectivity index (χ0n) is 27.5. The van der Waals surface area contributed by atoms with Crippen molar-refractivity contribution in [2.75, 3.05) is 13.2 Å². The molecular formula is C32H54O10. The smallest absolute Gasteiger partial charge is 0.308 e. The van der Waals surface area contributed by atoms with E-state index >= 15 is 0 Å². The fourth-order valence-corrected chi connectivity index (χ4v) is 3.88. The van der Waals surface area contributed by atoms with Crippen molar-refractivity contribution < 1.29 is 47.6 Å². The molecule has 0 aromatic heterocycles. The molecule has 6 atom stereocenters. The number of carbonyl (C=O) groups is 4. The zero-order valence-corrected chi connectivity index (χ0v) is 27.5. The highest BCUT2D eigenvalue weighted by atomic mass is 16.7. The molecule has 1 fully saturated rings. The molecule has 0 N–H and O–H groups in total. The predicted molar refractivity (Wildman–Crippen MR) is 157 cm³/mol. The summed E-state index contributed by atoms with van der Waals surface area (Å²) in [4.78, 5) is 50.8. The Kier molecular flexibility index (Phi) is 16.3. The number of ether oxygens (including phenoxy) is 6. The van der Waals surface area contributed by atoms with Crippen molar-refractivity contribution in [1.29, 1.82) is 0 Å². The quantitative estimate of drug-likeness (QED) is 0.130. The Morgan fingerprint density at radius 2 is 1.14 bits per heavy atom. The van der Waals surface area contributed by atoms with Crippen molar-refractivity contribution in [3.63, 3.8) is 0 Å². The number of hydrogen-bond donors (Lipinski definition) is 0. The minimum atomic E-state index is -1.26. The minimum Gasteiger partial charge on any atom is -0.463 e. The molecule has 0 radical (unpaired) electrons. The van der Waals surface area contributed by atoms with E-state index in [-0.39, 0.29) is 13.2 Å². The highest BCUT2D eigenvalue weighted by Gasteiger charge is 2.53. The van der Waals surface area contributed by atoms with Crippen molar-refractivity contribution in [3.8, 4) is 0 Å². The lowest BCUT2D eigenvalue weighted by Crippen LogP contribution is -2.63. The van der Waals surface area contributed by atoms with Gasteiger partial charge in [0.25, 0.3) is 0 Å². The molecule has 1 rings (SSSR count). The standard InChI is InChI=1S/C32H54O10/c1-18(2)13-12-14-23(11)15-16-37-32-27(42-31(36)22(9)10)26(41-30(35)21(7)8)25(40-29(34)20(5)6)24(39-32)17-38-28(33)19(3)4/h13,19-27,32H,12,14-17H2,1-11H3/t23-,24+,25+,26-,27+,32+/m0/s1. The van der Waals surface area contributed by atoms with Crippen LogP contribution in [0.2, 0.25) is 0 Å². The molecule has 242 valence electrons. The summed E-state index contributed by atoms with van der Waals surface area (Å²) in [6, 6.07) is 0. The Bertz CT molecular complexity index is 903. The van der Waals surface area contributed by atoms with Gasteiger partial charge >= 0.3 is 23.9 Å². The highest BCUT2D eigenvalue weighted by molar-refractivity contribution is 5.74. The molecule has 0 unspecified atom stereocenters. The van der Waals surface area contributed by atoms with Gasteiger partial charge in [0.1, 0.15) is 12.7 Å². The van der Waals surface area contributed by atoms with Crippen LogP contribution in [0, 0.1) is 29.6 Å². The average molecular weight is 599 g/mol. The third kappa shape index (κ3) is 12.8. The second kappa shape index (κ2) is 18.3. The molecule has 0 spiro atoms. The van der Waals surface area contributed by atoms with Gasteiger partial charge in [-0.2, -0.15) is 0 Å². The molecule has 1 aliphatic heterocycles. The largest absolute Gasteiger partial charge is 0.463 e. The van der Waals surface area contributed by atoms with Crippen LogP contribution in [0.5, 0.6) is 0 Å². The topological polar surface area (TPSA) is 124 Å². The SMILES string of the molecule is CC(C)=CCC[C@H](C)CCO[C@@H]1O[C@H](COC(=O)C(C)C)[C@@H](OC(=O)C(C)C)[C@H](OC(=O)C(C)C)[C@H]1OC(=O)C(C)C. The van der Waals surface area contributed by atoms with Gasteiger partial charge in [-0.25, -0.2) is 0 Å². The second-order valence-corrected chi connectivity index (χ2v) is 12.6. The first kappa shape index (κ1) is 37.6. The van der Waals surface area contributed by atoms with E-state index in [1.165, 1.54) is 5.57 Å². The highest BCUT2D eigenvalue weighted by Crippen LogP contribution is 2.32. The Labute approximate surface area is 252 Å². The van der Waals surface area contributed by atoms with E-state index in [1.54, 1.807) is 55.4 Å². The Morgan fingerprint density at radius 1 is 0.667 bits per heavy atom. The predicted octanol–water partition coefficient (Wildman–Crippen LogP) is 5.40. The van der Waals surface area contributed by atoms with Gasteiger partial charge in [0.2, 0.25) is 0 Å². The summed E-state index contributed by atoms with van der Waals surface area (Å²) >= 11 is 0. The van der Waals surface area contributed by atoms with Gasteiger partial charge in [0.05, 0.1) is 30.3 Å². The van der Waals surface area contributed by atoms with Gasteiger partial charge < -0.3 is 28.4 Å². The number of carbonyl (C=O) groups excluding carboxylic acids is 4. The maximum absolute atomic E-state index is 12.9. The monoisotopic (exact) mass is 598 g/mol. The Hall–Kier alpha value is -2.46. The third-order valence-corrected chi connectivity index (χ3v) is 6.73. The lowest BCUT2D eigenvalue weighted by atomic mass is 9.97. The summed E-state index contributed by atoms with van der Waals surface area (Å²) < 4.78 is 35.3. The normalized spacial score (nSPS) is 23.1. The maximum Gasteiger partial charge on any atom is 0.308 e. The van der Waals surface area contributed by atoms with E-state index in [0.29, 0.717) is 12.3 Å². The fourth-order valence-electron chi connectivity index (χ4n) is 3.88. The van der Waals surface area contributed by atoms with Crippen molar-refractivity contribution in [2.45, 2.75) is 126 Å². The van der Waals surface area contributed by atoms with E-state index in [1.807, 2.05) is 0 Å². The van der Waals surface area contributed by atoms with Crippen LogP contribution in [-0.2, 0) is 47.6 Å². The van der Waals surface area contributed by atoms with E-state index in [9.17, 15) is 19.2 Å². The van der Waals surface area contributed by atoms with Gasteiger partial charge in [0.15, 0.2) is 24.6 Å². The number of rotatable bonds is 16. The summed E-state index contributed by atoms with van der Waals surface area (Å²) in [5.74, 6) is -3.77. The van der Waals surface area contributed by atoms with E-state index in [0.717, 1.165) is 12.8 Å². The number of hydrogen-bond acceptors (Lipinski definition) is 10. The fraction of sp³-hybridized carbons (Fsp3) is 0.812. The van der Waals surface area contributed by atoms with Crippen LogP contribution in [0.4, 0.5) is 0 Å². The Balaban J connectivity index is 3.41. The van der Waals surface area contributed by atoms with Gasteiger partial charge in [0, 0.05) is 0 Å². The maximum atomic E-state index is 12.9. The summed E-state index contributed by atoms with van der Waals surface area (Å²) in [6.45, 7) is 19.6. The van der Waals surface area contributed by atoms with Crippen LogP contribution in [0.25, 0.3) is 0 Å².